The van der Waals surface area contributed by atoms with Crippen LogP contribution in [0, 0.1) is 13.8 Å². The minimum absolute atomic E-state index is 0.295. The predicted molar refractivity (Wildman–Crippen MR) is 120 cm³/mol. The Labute approximate surface area is 184 Å². The zero-order chi connectivity index (χ0) is 21.8. The van der Waals surface area contributed by atoms with Crippen LogP contribution in [-0.4, -0.2) is 35.0 Å². The van der Waals surface area contributed by atoms with Gasteiger partial charge in [0.05, 0.1) is 46.9 Å². The summed E-state index contributed by atoms with van der Waals surface area (Å²) in [6, 6.07) is 12.6. The third kappa shape index (κ3) is 4.52. The normalized spacial score (nSPS) is 10.7. The summed E-state index contributed by atoms with van der Waals surface area (Å²) < 4.78 is 6.62. The Kier molecular flexibility index (Phi) is 6.84. The van der Waals surface area contributed by atoms with Gasteiger partial charge in [0.2, 0.25) is 0 Å². The average molecular weight is 444 g/mol. The summed E-state index contributed by atoms with van der Waals surface area (Å²) in [6.45, 7) is 4.07. The number of benzene rings is 2. The number of esters is 1. The number of carbonyl (C=O) groups is 2. The number of aromatic nitrogens is 2. The summed E-state index contributed by atoms with van der Waals surface area (Å²) in [5, 5.41) is 7.87. The molecule has 1 aromatic heterocycles. The van der Waals surface area contributed by atoms with Gasteiger partial charge >= 0.3 is 5.97 Å². The van der Waals surface area contributed by atoms with Gasteiger partial charge < -0.3 is 10.1 Å². The van der Waals surface area contributed by atoms with Crippen molar-refractivity contribution < 1.29 is 14.3 Å². The van der Waals surface area contributed by atoms with Crippen molar-refractivity contribution in [3.63, 3.8) is 0 Å². The molecule has 0 saturated carbocycles. The van der Waals surface area contributed by atoms with E-state index in [2.05, 4.69) is 10.4 Å². The highest BCUT2D eigenvalue weighted by atomic mass is 35.5. The van der Waals surface area contributed by atoms with Crippen LogP contribution >= 0.6 is 23.4 Å². The first-order valence-electron chi connectivity index (χ1n) is 9.20. The number of nitrogens with one attached hydrogen (secondary N) is 1. The van der Waals surface area contributed by atoms with Crippen molar-refractivity contribution >= 4 is 40.9 Å². The van der Waals surface area contributed by atoms with E-state index in [9.17, 15) is 9.59 Å². The van der Waals surface area contributed by atoms with Gasteiger partial charge in [0.25, 0.3) is 5.91 Å². The second kappa shape index (κ2) is 9.36. The standard InChI is InChI=1S/C22H22ClN3O3S/c1-13-20(24-21(27)18-11-16(30-4)9-10-19(18)23)14(2)26(25-13)12-15-7-5-6-8-17(15)22(28)29-3/h5-11H,12H2,1-4H3,(H,24,27). The van der Waals surface area contributed by atoms with Crippen molar-refractivity contribution in [1.82, 2.24) is 9.78 Å². The minimum atomic E-state index is -0.399. The van der Waals surface area contributed by atoms with E-state index in [0.717, 1.165) is 16.2 Å². The number of rotatable bonds is 6. The SMILES string of the molecule is COC(=O)c1ccccc1Cn1nc(C)c(NC(=O)c2cc(SC)ccc2Cl)c1C. The van der Waals surface area contributed by atoms with Gasteiger partial charge in [0.15, 0.2) is 0 Å². The summed E-state index contributed by atoms with van der Waals surface area (Å²) >= 11 is 7.77. The number of nitrogens with zero attached hydrogens (tertiary/aromatic N) is 2. The molecule has 2 aromatic carbocycles. The molecule has 3 aromatic rings. The largest absolute Gasteiger partial charge is 0.465 e. The summed E-state index contributed by atoms with van der Waals surface area (Å²) in [7, 11) is 1.35. The molecular weight excluding hydrogens is 422 g/mol. The first kappa shape index (κ1) is 21.9. The smallest absolute Gasteiger partial charge is 0.338 e. The summed E-state index contributed by atoms with van der Waals surface area (Å²) in [5.41, 5.74) is 3.75. The maximum atomic E-state index is 12.9. The third-order valence-electron chi connectivity index (χ3n) is 4.78. The number of carbonyl (C=O) groups excluding carboxylic acids is 2. The zero-order valence-electron chi connectivity index (χ0n) is 17.2. The maximum Gasteiger partial charge on any atom is 0.338 e. The molecule has 0 aliphatic heterocycles. The number of aryl methyl sites for hydroxylation is 1. The number of hydrogen-bond acceptors (Lipinski definition) is 5. The van der Waals surface area contributed by atoms with Crippen LogP contribution in [0.1, 0.15) is 37.7 Å². The summed E-state index contributed by atoms with van der Waals surface area (Å²) in [4.78, 5) is 25.9. The molecule has 0 aliphatic rings. The van der Waals surface area contributed by atoms with Crippen LogP contribution in [-0.2, 0) is 11.3 Å². The van der Waals surface area contributed by atoms with E-state index in [1.165, 1.54) is 18.9 Å². The lowest BCUT2D eigenvalue weighted by Gasteiger charge is -2.11. The first-order valence-corrected chi connectivity index (χ1v) is 10.8. The predicted octanol–water partition coefficient (Wildman–Crippen LogP) is 4.96. The first-order chi connectivity index (χ1) is 14.3. The Balaban J connectivity index is 1.89. The zero-order valence-corrected chi connectivity index (χ0v) is 18.7. The van der Waals surface area contributed by atoms with E-state index < -0.39 is 5.97 Å². The highest BCUT2D eigenvalue weighted by molar-refractivity contribution is 7.98. The lowest BCUT2D eigenvalue weighted by atomic mass is 10.1. The van der Waals surface area contributed by atoms with Crippen molar-refractivity contribution in [2.24, 2.45) is 0 Å². The van der Waals surface area contributed by atoms with E-state index in [4.69, 9.17) is 16.3 Å². The second-order valence-electron chi connectivity index (χ2n) is 6.65. The molecule has 0 radical (unpaired) electrons. The van der Waals surface area contributed by atoms with E-state index >= 15 is 0 Å². The van der Waals surface area contributed by atoms with Gasteiger partial charge in [-0.3, -0.25) is 9.48 Å². The molecule has 0 unspecified atom stereocenters. The van der Waals surface area contributed by atoms with Crippen molar-refractivity contribution in [1.29, 1.82) is 0 Å². The van der Waals surface area contributed by atoms with Crippen LogP contribution in [0.5, 0.6) is 0 Å². The lowest BCUT2D eigenvalue weighted by Crippen LogP contribution is -2.14. The van der Waals surface area contributed by atoms with Crippen LogP contribution in [0.3, 0.4) is 0 Å². The number of anilines is 1. The molecule has 0 spiro atoms. The minimum Gasteiger partial charge on any atom is -0.465 e. The van der Waals surface area contributed by atoms with E-state index in [0.29, 0.717) is 34.1 Å². The highest BCUT2D eigenvalue weighted by Gasteiger charge is 2.19. The van der Waals surface area contributed by atoms with E-state index in [1.54, 1.807) is 28.9 Å². The van der Waals surface area contributed by atoms with Crippen LogP contribution in [0.4, 0.5) is 5.69 Å². The fourth-order valence-corrected chi connectivity index (χ4v) is 3.79. The topological polar surface area (TPSA) is 73.2 Å². The molecule has 3 rings (SSSR count). The van der Waals surface area contributed by atoms with Crippen molar-refractivity contribution in [3.8, 4) is 0 Å². The van der Waals surface area contributed by atoms with Gasteiger partial charge in [0.1, 0.15) is 0 Å². The molecule has 1 N–H and O–H groups in total. The number of hydrogen-bond donors (Lipinski definition) is 1. The van der Waals surface area contributed by atoms with Crippen LogP contribution in [0.15, 0.2) is 47.4 Å². The quantitative estimate of drug-likeness (QED) is 0.430. The van der Waals surface area contributed by atoms with Gasteiger partial charge in [-0.25, -0.2) is 4.79 Å². The molecule has 156 valence electrons. The molecule has 0 saturated heterocycles. The number of amides is 1. The van der Waals surface area contributed by atoms with E-state index in [-0.39, 0.29) is 5.91 Å². The Hall–Kier alpha value is -2.77. The molecule has 1 heterocycles. The molecule has 1 amide bonds. The number of halogens is 1. The molecule has 0 aliphatic carbocycles. The molecule has 0 bridgehead atoms. The number of thioether (sulfide) groups is 1. The fraction of sp³-hybridized carbons (Fsp3) is 0.227. The lowest BCUT2D eigenvalue weighted by molar-refractivity contribution is 0.0599. The summed E-state index contributed by atoms with van der Waals surface area (Å²) in [6.07, 6.45) is 1.94. The van der Waals surface area contributed by atoms with Crippen LogP contribution < -0.4 is 5.32 Å². The van der Waals surface area contributed by atoms with Crippen LogP contribution in [0.2, 0.25) is 5.02 Å². The highest BCUT2D eigenvalue weighted by Crippen LogP contribution is 2.26. The van der Waals surface area contributed by atoms with Crippen molar-refractivity contribution in [2.45, 2.75) is 25.3 Å². The van der Waals surface area contributed by atoms with Gasteiger partial charge in [-0.1, -0.05) is 29.8 Å². The monoisotopic (exact) mass is 443 g/mol. The van der Waals surface area contributed by atoms with Gasteiger partial charge in [0, 0.05) is 4.90 Å². The van der Waals surface area contributed by atoms with E-state index in [1.807, 2.05) is 38.3 Å². The molecule has 30 heavy (non-hydrogen) atoms. The van der Waals surface area contributed by atoms with Crippen molar-refractivity contribution in [3.05, 3.63) is 75.6 Å². The fourth-order valence-electron chi connectivity index (χ4n) is 3.15. The summed E-state index contributed by atoms with van der Waals surface area (Å²) in [5.74, 6) is -0.694. The maximum absolute atomic E-state index is 12.9. The van der Waals surface area contributed by atoms with Gasteiger partial charge in [-0.05, 0) is 49.9 Å². The Morgan fingerprint density at radius 2 is 1.90 bits per heavy atom. The number of ether oxygens (including phenoxy) is 1. The Morgan fingerprint density at radius 3 is 2.60 bits per heavy atom. The molecule has 0 fully saturated rings. The van der Waals surface area contributed by atoms with Crippen molar-refractivity contribution in [2.75, 3.05) is 18.7 Å². The molecule has 6 nitrogen and oxygen atoms in total. The number of methoxy groups -OCH3 is 1. The molecule has 0 atom stereocenters. The third-order valence-corrected chi connectivity index (χ3v) is 5.84. The Morgan fingerprint density at radius 1 is 1.17 bits per heavy atom. The molecular formula is C22H22ClN3O3S. The van der Waals surface area contributed by atoms with Gasteiger partial charge in [-0.2, -0.15) is 5.10 Å². The van der Waals surface area contributed by atoms with Crippen LogP contribution in [0.25, 0.3) is 0 Å². The Bertz CT molecular complexity index is 1110. The van der Waals surface area contributed by atoms with Gasteiger partial charge in [-0.15, -0.1) is 11.8 Å². The average Bonchev–Trinajstić information content (AvgIpc) is 3.01. The molecule has 8 heteroatoms. The second-order valence-corrected chi connectivity index (χ2v) is 7.94.